The number of nitrogens with one attached hydrogen (secondary N) is 1. The van der Waals surface area contributed by atoms with Crippen molar-refractivity contribution in [2.75, 3.05) is 11.9 Å². The van der Waals surface area contributed by atoms with Gasteiger partial charge in [0.15, 0.2) is 0 Å². The number of rotatable bonds is 3. The maximum absolute atomic E-state index is 6.08. The lowest BCUT2D eigenvalue weighted by Gasteiger charge is -2.43. The zero-order chi connectivity index (χ0) is 14.0. The maximum Gasteiger partial charge on any atom is 0.0549 e. The van der Waals surface area contributed by atoms with E-state index in [1.165, 1.54) is 6.42 Å². The molecule has 0 heterocycles. The van der Waals surface area contributed by atoms with Crippen LogP contribution in [-0.4, -0.2) is 12.1 Å². The van der Waals surface area contributed by atoms with Crippen LogP contribution in [0.1, 0.15) is 33.1 Å². The Bertz CT molecular complexity index is 440. The van der Waals surface area contributed by atoms with Crippen LogP contribution in [0.25, 0.3) is 0 Å². The van der Waals surface area contributed by atoms with Crippen molar-refractivity contribution in [3.8, 4) is 0 Å². The lowest BCUT2D eigenvalue weighted by atomic mass is 9.71. The Morgan fingerprint density at radius 1 is 1.37 bits per heavy atom. The molecular weight excluding hydrogens is 324 g/mol. The molecule has 0 spiro atoms. The molecule has 0 aromatic heterocycles. The minimum absolute atomic E-state index is 0.0182. The molecule has 0 bridgehead atoms. The van der Waals surface area contributed by atoms with Gasteiger partial charge >= 0.3 is 0 Å². The Hall–Kier alpha value is -0.250. The molecule has 0 radical (unpaired) electrons. The van der Waals surface area contributed by atoms with Gasteiger partial charge in [0, 0.05) is 16.7 Å². The predicted molar refractivity (Wildman–Crippen MR) is 86.7 cm³/mol. The Kier molecular flexibility index (Phi) is 4.80. The molecule has 3 N–H and O–H groups in total. The minimum Gasteiger partial charge on any atom is -0.378 e. The fourth-order valence-corrected chi connectivity index (χ4v) is 3.97. The van der Waals surface area contributed by atoms with E-state index in [0.29, 0.717) is 6.54 Å². The minimum atomic E-state index is 0.0182. The number of benzene rings is 1. The fourth-order valence-electron chi connectivity index (χ4n) is 3.47. The highest BCUT2D eigenvalue weighted by molar-refractivity contribution is 9.10. The van der Waals surface area contributed by atoms with Gasteiger partial charge in [0.1, 0.15) is 0 Å². The number of anilines is 1. The smallest absolute Gasteiger partial charge is 0.0549 e. The summed E-state index contributed by atoms with van der Waals surface area (Å²) in [5.41, 5.74) is 7.18. The van der Waals surface area contributed by atoms with E-state index < -0.39 is 0 Å². The Balaban J connectivity index is 2.19. The highest BCUT2D eigenvalue weighted by atomic mass is 79.9. The van der Waals surface area contributed by atoms with Crippen molar-refractivity contribution >= 4 is 33.2 Å². The first-order valence-electron chi connectivity index (χ1n) is 6.87. The number of nitrogens with two attached hydrogens (primary N) is 1. The van der Waals surface area contributed by atoms with E-state index in [4.69, 9.17) is 17.3 Å². The SMILES string of the molecule is CC1CC(C)CC(CN)(Nc2ccc(Cl)c(Br)c2)C1. The largest absolute Gasteiger partial charge is 0.378 e. The van der Waals surface area contributed by atoms with Crippen LogP contribution in [0.2, 0.25) is 5.02 Å². The van der Waals surface area contributed by atoms with E-state index in [2.05, 4.69) is 35.1 Å². The monoisotopic (exact) mass is 344 g/mol. The highest BCUT2D eigenvalue weighted by Crippen LogP contribution is 2.38. The topological polar surface area (TPSA) is 38.0 Å². The van der Waals surface area contributed by atoms with Gasteiger partial charge < -0.3 is 11.1 Å². The van der Waals surface area contributed by atoms with Crippen LogP contribution in [0.3, 0.4) is 0 Å². The van der Waals surface area contributed by atoms with Crippen LogP contribution in [0.15, 0.2) is 22.7 Å². The molecule has 2 atom stereocenters. The van der Waals surface area contributed by atoms with Crippen LogP contribution in [0.4, 0.5) is 5.69 Å². The van der Waals surface area contributed by atoms with Crippen molar-refractivity contribution in [2.24, 2.45) is 17.6 Å². The maximum atomic E-state index is 6.08. The van der Waals surface area contributed by atoms with Crippen molar-refractivity contribution in [2.45, 2.75) is 38.6 Å². The second-order valence-corrected chi connectivity index (χ2v) is 7.35. The van der Waals surface area contributed by atoms with Gasteiger partial charge in [-0.3, -0.25) is 0 Å². The molecule has 0 amide bonds. The second-order valence-electron chi connectivity index (χ2n) is 6.09. The average molecular weight is 346 g/mol. The average Bonchev–Trinajstić information content (AvgIpc) is 2.32. The van der Waals surface area contributed by atoms with Gasteiger partial charge in [0.2, 0.25) is 0 Å². The third-order valence-electron chi connectivity index (χ3n) is 4.00. The summed E-state index contributed by atoms with van der Waals surface area (Å²) in [6.45, 7) is 5.31. The summed E-state index contributed by atoms with van der Waals surface area (Å²) in [6, 6.07) is 5.96. The van der Waals surface area contributed by atoms with Crippen molar-refractivity contribution in [3.05, 3.63) is 27.7 Å². The third kappa shape index (κ3) is 3.65. The third-order valence-corrected chi connectivity index (χ3v) is 5.22. The summed E-state index contributed by atoms with van der Waals surface area (Å²) in [5, 5.41) is 4.39. The lowest BCUT2D eigenvalue weighted by molar-refractivity contribution is 0.205. The van der Waals surface area contributed by atoms with Gasteiger partial charge in [-0.2, -0.15) is 0 Å². The van der Waals surface area contributed by atoms with Crippen molar-refractivity contribution in [3.63, 3.8) is 0 Å². The molecule has 2 rings (SSSR count). The van der Waals surface area contributed by atoms with E-state index in [0.717, 1.165) is 39.9 Å². The second kappa shape index (κ2) is 6.02. The number of hydrogen-bond acceptors (Lipinski definition) is 2. The van der Waals surface area contributed by atoms with E-state index >= 15 is 0 Å². The van der Waals surface area contributed by atoms with E-state index in [9.17, 15) is 0 Å². The normalized spacial score (nSPS) is 31.2. The first kappa shape index (κ1) is 15.1. The first-order valence-corrected chi connectivity index (χ1v) is 8.04. The lowest BCUT2D eigenvalue weighted by Crippen LogP contribution is -2.50. The Morgan fingerprint density at radius 2 is 2.00 bits per heavy atom. The van der Waals surface area contributed by atoms with Gasteiger partial charge in [0.05, 0.1) is 10.6 Å². The standard InChI is InChI=1S/C15H22BrClN2/c1-10-5-11(2)8-15(7-10,9-18)19-12-3-4-14(17)13(16)6-12/h3-4,6,10-11,19H,5,7-9,18H2,1-2H3. The van der Waals surface area contributed by atoms with E-state index in [1.54, 1.807) is 0 Å². The van der Waals surface area contributed by atoms with Gasteiger partial charge in [-0.05, 0) is 65.2 Å². The summed E-state index contributed by atoms with van der Waals surface area (Å²) in [6.07, 6.45) is 3.57. The zero-order valence-corrected chi connectivity index (χ0v) is 13.9. The molecule has 1 aromatic rings. The predicted octanol–water partition coefficient (Wildman–Crippen LogP) is 4.67. The summed E-state index contributed by atoms with van der Waals surface area (Å²) >= 11 is 9.51. The number of halogens is 2. The van der Waals surface area contributed by atoms with Gasteiger partial charge in [-0.25, -0.2) is 0 Å². The summed E-state index contributed by atoms with van der Waals surface area (Å²) in [5.74, 6) is 1.44. The van der Waals surface area contributed by atoms with Gasteiger partial charge in [0.25, 0.3) is 0 Å². The van der Waals surface area contributed by atoms with Crippen LogP contribution < -0.4 is 11.1 Å². The summed E-state index contributed by atoms with van der Waals surface area (Å²) < 4.78 is 0.920. The van der Waals surface area contributed by atoms with Crippen LogP contribution in [0.5, 0.6) is 0 Å². The Morgan fingerprint density at radius 3 is 2.53 bits per heavy atom. The fraction of sp³-hybridized carbons (Fsp3) is 0.600. The molecule has 106 valence electrons. The van der Waals surface area contributed by atoms with Crippen molar-refractivity contribution in [1.29, 1.82) is 0 Å². The number of hydrogen-bond donors (Lipinski definition) is 2. The molecule has 0 aliphatic heterocycles. The van der Waals surface area contributed by atoms with Gasteiger partial charge in [-0.15, -0.1) is 0 Å². The zero-order valence-electron chi connectivity index (χ0n) is 11.5. The molecular formula is C15H22BrClN2. The quantitative estimate of drug-likeness (QED) is 0.835. The summed E-state index contributed by atoms with van der Waals surface area (Å²) in [7, 11) is 0. The van der Waals surface area contributed by atoms with Crippen molar-refractivity contribution in [1.82, 2.24) is 0 Å². The molecule has 19 heavy (non-hydrogen) atoms. The van der Waals surface area contributed by atoms with E-state index in [1.807, 2.05) is 18.2 Å². The molecule has 1 saturated carbocycles. The Labute approximate surface area is 129 Å². The van der Waals surface area contributed by atoms with Crippen molar-refractivity contribution < 1.29 is 0 Å². The molecule has 1 aliphatic rings. The van der Waals surface area contributed by atoms with Crippen LogP contribution in [-0.2, 0) is 0 Å². The highest BCUT2D eigenvalue weighted by Gasteiger charge is 2.36. The van der Waals surface area contributed by atoms with Gasteiger partial charge in [-0.1, -0.05) is 25.4 Å². The van der Waals surface area contributed by atoms with E-state index in [-0.39, 0.29) is 5.54 Å². The summed E-state index contributed by atoms with van der Waals surface area (Å²) in [4.78, 5) is 0. The molecule has 1 aliphatic carbocycles. The first-order chi connectivity index (χ1) is 8.94. The molecule has 2 nitrogen and oxygen atoms in total. The molecule has 0 saturated heterocycles. The van der Waals surface area contributed by atoms with Crippen LogP contribution in [0, 0.1) is 11.8 Å². The van der Waals surface area contributed by atoms with Crippen LogP contribution >= 0.6 is 27.5 Å². The molecule has 2 unspecified atom stereocenters. The molecule has 1 fully saturated rings. The molecule has 4 heteroatoms. The molecule has 1 aromatic carbocycles.